The largest absolute Gasteiger partial charge is 0.395 e. The molecule has 0 spiro atoms. The average Bonchev–Trinajstić information content (AvgIpc) is 2.30. The quantitative estimate of drug-likeness (QED) is 0.733. The second kappa shape index (κ2) is 5.13. The monoisotopic (exact) mass is 197 g/mol. The number of nitrogens with zero attached hydrogens (tertiary/aromatic N) is 1. The number of aliphatic hydroxyl groups excluding tert-OH is 1. The van der Waals surface area contributed by atoms with Crippen LogP contribution in [0.3, 0.4) is 0 Å². The minimum Gasteiger partial charge on any atom is -0.395 e. The summed E-state index contributed by atoms with van der Waals surface area (Å²) in [5.74, 6) is 0. The Bertz CT molecular complexity index is 166. The first-order valence-electron chi connectivity index (χ1n) is 6.28. The van der Waals surface area contributed by atoms with Gasteiger partial charge in [-0.15, -0.1) is 0 Å². The number of rotatable bonds is 2. The normalized spacial score (nSPS) is 31.9. The molecule has 1 N–H and O–H groups in total. The van der Waals surface area contributed by atoms with E-state index in [0.29, 0.717) is 12.6 Å². The molecular formula is C12H23NO. The lowest BCUT2D eigenvalue weighted by atomic mass is 9.90. The Hall–Kier alpha value is -0.0800. The van der Waals surface area contributed by atoms with E-state index in [4.69, 9.17) is 0 Å². The van der Waals surface area contributed by atoms with Gasteiger partial charge in [-0.25, -0.2) is 0 Å². The summed E-state index contributed by atoms with van der Waals surface area (Å²) in [4.78, 5) is 2.60. The number of piperidine rings is 1. The molecule has 0 unspecified atom stereocenters. The standard InChI is InChI=1S/C12H23NO/c14-10-12-8-4-5-9-13(12)11-6-2-1-3-7-11/h11-12,14H,1-10H2/t12-/m0/s1. The summed E-state index contributed by atoms with van der Waals surface area (Å²) in [6.07, 6.45) is 10.8. The fourth-order valence-electron chi connectivity index (χ4n) is 3.11. The molecule has 2 nitrogen and oxygen atoms in total. The fraction of sp³-hybridized carbons (Fsp3) is 1.00. The van der Waals surface area contributed by atoms with E-state index in [-0.39, 0.29) is 0 Å². The topological polar surface area (TPSA) is 23.5 Å². The SMILES string of the molecule is OC[C@@H]1CCCCN1C1CCCCC1. The van der Waals surface area contributed by atoms with Crippen LogP contribution in [0.5, 0.6) is 0 Å². The molecule has 2 rings (SSSR count). The number of aliphatic hydroxyl groups is 1. The molecule has 0 radical (unpaired) electrons. The lowest BCUT2D eigenvalue weighted by Crippen LogP contribution is -2.48. The molecule has 0 aromatic heterocycles. The van der Waals surface area contributed by atoms with Crippen molar-refractivity contribution in [2.75, 3.05) is 13.2 Å². The molecule has 0 aromatic carbocycles. The zero-order valence-corrected chi connectivity index (χ0v) is 9.12. The zero-order chi connectivity index (χ0) is 9.80. The van der Waals surface area contributed by atoms with E-state index in [0.717, 1.165) is 6.04 Å². The summed E-state index contributed by atoms with van der Waals surface area (Å²) in [5.41, 5.74) is 0. The predicted molar refractivity (Wildman–Crippen MR) is 58.3 cm³/mol. The maximum absolute atomic E-state index is 9.35. The minimum absolute atomic E-state index is 0.372. The number of likely N-dealkylation sites (tertiary alicyclic amines) is 1. The van der Waals surface area contributed by atoms with Crippen LogP contribution in [0.25, 0.3) is 0 Å². The van der Waals surface area contributed by atoms with Gasteiger partial charge in [-0.2, -0.15) is 0 Å². The molecule has 1 saturated carbocycles. The zero-order valence-electron chi connectivity index (χ0n) is 9.12. The number of hydrogen-bond acceptors (Lipinski definition) is 2. The van der Waals surface area contributed by atoms with E-state index in [1.807, 2.05) is 0 Å². The summed E-state index contributed by atoms with van der Waals surface area (Å²) < 4.78 is 0. The lowest BCUT2D eigenvalue weighted by Gasteiger charge is -2.42. The van der Waals surface area contributed by atoms with Crippen molar-refractivity contribution in [2.45, 2.75) is 63.5 Å². The van der Waals surface area contributed by atoms with Crippen LogP contribution in [-0.2, 0) is 0 Å². The molecule has 0 bridgehead atoms. The van der Waals surface area contributed by atoms with Gasteiger partial charge in [-0.1, -0.05) is 25.7 Å². The third kappa shape index (κ3) is 2.29. The van der Waals surface area contributed by atoms with Gasteiger partial charge in [0.15, 0.2) is 0 Å². The van der Waals surface area contributed by atoms with Crippen LogP contribution in [0.1, 0.15) is 51.4 Å². The Kier molecular flexibility index (Phi) is 3.82. The van der Waals surface area contributed by atoms with Crippen molar-refractivity contribution in [3.05, 3.63) is 0 Å². The summed E-state index contributed by atoms with van der Waals surface area (Å²) in [5, 5.41) is 9.35. The highest BCUT2D eigenvalue weighted by Crippen LogP contribution is 2.28. The first kappa shape index (κ1) is 10.4. The van der Waals surface area contributed by atoms with Crippen molar-refractivity contribution in [3.63, 3.8) is 0 Å². The fourth-order valence-corrected chi connectivity index (χ4v) is 3.11. The second-order valence-electron chi connectivity index (χ2n) is 4.86. The molecule has 2 fully saturated rings. The van der Waals surface area contributed by atoms with Gasteiger partial charge in [0, 0.05) is 12.1 Å². The van der Waals surface area contributed by atoms with E-state index >= 15 is 0 Å². The molecule has 1 heterocycles. The molecular weight excluding hydrogens is 174 g/mol. The third-order valence-electron chi connectivity index (χ3n) is 3.93. The third-order valence-corrected chi connectivity index (χ3v) is 3.93. The van der Waals surface area contributed by atoms with Crippen molar-refractivity contribution in [3.8, 4) is 0 Å². The summed E-state index contributed by atoms with van der Waals surface area (Å²) in [6.45, 7) is 1.60. The van der Waals surface area contributed by atoms with Gasteiger partial charge in [0.1, 0.15) is 0 Å². The average molecular weight is 197 g/mol. The molecule has 82 valence electrons. The van der Waals surface area contributed by atoms with Crippen molar-refractivity contribution in [1.29, 1.82) is 0 Å². The summed E-state index contributed by atoms with van der Waals surface area (Å²) >= 11 is 0. The van der Waals surface area contributed by atoms with Gasteiger partial charge in [-0.05, 0) is 32.2 Å². The molecule has 1 aliphatic carbocycles. The van der Waals surface area contributed by atoms with Gasteiger partial charge in [0.05, 0.1) is 6.61 Å². The predicted octanol–water partition coefficient (Wildman–Crippen LogP) is 2.17. The van der Waals surface area contributed by atoms with E-state index in [1.54, 1.807) is 0 Å². The van der Waals surface area contributed by atoms with Crippen LogP contribution >= 0.6 is 0 Å². The molecule has 1 saturated heterocycles. The van der Waals surface area contributed by atoms with Crippen molar-refractivity contribution in [1.82, 2.24) is 4.90 Å². The second-order valence-corrected chi connectivity index (χ2v) is 4.86. The summed E-state index contributed by atoms with van der Waals surface area (Å²) in [6, 6.07) is 1.27. The van der Waals surface area contributed by atoms with Gasteiger partial charge < -0.3 is 5.11 Å². The molecule has 0 aromatic rings. The van der Waals surface area contributed by atoms with Gasteiger partial charge >= 0.3 is 0 Å². The molecule has 2 heteroatoms. The van der Waals surface area contributed by atoms with Crippen LogP contribution in [0.4, 0.5) is 0 Å². The van der Waals surface area contributed by atoms with E-state index < -0.39 is 0 Å². The molecule has 1 atom stereocenters. The molecule has 0 amide bonds. The Morgan fingerprint density at radius 2 is 1.64 bits per heavy atom. The van der Waals surface area contributed by atoms with Crippen LogP contribution < -0.4 is 0 Å². The highest BCUT2D eigenvalue weighted by atomic mass is 16.3. The Labute approximate surface area is 87.3 Å². The van der Waals surface area contributed by atoms with Gasteiger partial charge in [0.25, 0.3) is 0 Å². The highest BCUT2D eigenvalue weighted by molar-refractivity contribution is 4.84. The maximum Gasteiger partial charge on any atom is 0.0586 e. The van der Waals surface area contributed by atoms with Crippen molar-refractivity contribution in [2.24, 2.45) is 0 Å². The highest BCUT2D eigenvalue weighted by Gasteiger charge is 2.28. The minimum atomic E-state index is 0.372. The van der Waals surface area contributed by atoms with Gasteiger partial charge in [-0.3, -0.25) is 4.90 Å². The Balaban J connectivity index is 1.91. The molecule has 1 aliphatic heterocycles. The first-order valence-corrected chi connectivity index (χ1v) is 6.28. The van der Waals surface area contributed by atoms with E-state index in [9.17, 15) is 5.11 Å². The maximum atomic E-state index is 9.35. The molecule has 2 aliphatic rings. The van der Waals surface area contributed by atoms with Crippen molar-refractivity contribution < 1.29 is 5.11 Å². The number of hydrogen-bond donors (Lipinski definition) is 1. The van der Waals surface area contributed by atoms with Gasteiger partial charge in [0.2, 0.25) is 0 Å². The smallest absolute Gasteiger partial charge is 0.0586 e. The van der Waals surface area contributed by atoms with Crippen LogP contribution in [0, 0.1) is 0 Å². The van der Waals surface area contributed by atoms with Crippen LogP contribution in [0.2, 0.25) is 0 Å². The molecule has 14 heavy (non-hydrogen) atoms. The summed E-state index contributed by atoms with van der Waals surface area (Å²) in [7, 11) is 0. The van der Waals surface area contributed by atoms with Crippen LogP contribution in [0.15, 0.2) is 0 Å². The van der Waals surface area contributed by atoms with E-state index in [2.05, 4.69) is 4.90 Å². The Morgan fingerprint density at radius 3 is 2.36 bits per heavy atom. The van der Waals surface area contributed by atoms with Crippen LogP contribution in [-0.4, -0.2) is 35.2 Å². The van der Waals surface area contributed by atoms with Crippen molar-refractivity contribution >= 4 is 0 Å². The van der Waals surface area contributed by atoms with E-state index in [1.165, 1.54) is 57.9 Å². The lowest BCUT2D eigenvalue weighted by molar-refractivity contribution is 0.0384. The Morgan fingerprint density at radius 1 is 0.929 bits per heavy atom. The first-order chi connectivity index (χ1) is 6.92.